The van der Waals surface area contributed by atoms with Gasteiger partial charge in [0.1, 0.15) is 11.4 Å². The number of cyclic esters (lactones) is 2. The molecule has 0 N–H and O–H groups in total. The van der Waals surface area contributed by atoms with Gasteiger partial charge in [-0.25, -0.2) is 9.59 Å². The Balaban J connectivity index is 0.000000184. The maximum atomic E-state index is 13.4. The molecule has 0 saturated carbocycles. The van der Waals surface area contributed by atoms with Crippen LogP contribution in [0.4, 0.5) is 22.7 Å². The van der Waals surface area contributed by atoms with Crippen molar-refractivity contribution in [1.29, 1.82) is 0 Å². The molecule has 67 heavy (non-hydrogen) atoms. The lowest BCUT2D eigenvalue weighted by Crippen LogP contribution is -2.32. The molecule has 11 nitrogen and oxygen atoms in total. The highest BCUT2D eigenvalue weighted by molar-refractivity contribution is 5.99. The normalized spacial score (nSPS) is 15.5. The third kappa shape index (κ3) is 7.79. The Bertz CT molecular complexity index is 2880. The number of aryl methyl sites for hydroxylation is 1. The summed E-state index contributed by atoms with van der Waals surface area (Å²) in [4.78, 5) is 39.6. The minimum atomic E-state index is -1.23. The van der Waals surface area contributed by atoms with E-state index in [-0.39, 0.29) is 11.9 Å². The number of hydrogen-bond donors (Lipinski definition) is 0. The van der Waals surface area contributed by atoms with E-state index in [0.29, 0.717) is 29.2 Å². The summed E-state index contributed by atoms with van der Waals surface area (Å²) in [5.74, 6) is 0.0223. The zero-order chi connectivity index (χ0) is 47.8. The number of anilines is 4. The van der Waals surface area contributed by atoms with Crippen LogP contribution in [0, 0.1) is 6.92 Å². The fraction of sp³-hybridized carbons (Fsp3) is 0.304. The second kappa shape index (κ2) is 18.5. The minimum Gasteiger partial charge on any atom is -0.493 e. The number of fused-ring (bicyclic) bond motifs is 3. The lowest BCUT2D eigenvalue weighted by Gasteiger charge is -2.32. The first-order valence-electron chi connectivity index (χ1n) is 23.2. The summed E-state index contributed by atoms with van der Waals surface area (Å²) in [7, 11) is 12.0. The van der Waals surface area contributed by atoms with Gasteiger partial charge in [0.05, 0.1) is 17.7 Å². The van der Waals surface area contributed by atoms with E-state index in [1.54, 1.807) is 18.3 Å². The van der Waals surface area contributed by atoms with Crippen LogP contribution in [0.2, 0.25) is 0 Å². The van der Waals surface area contributed by atoms with E-state index in [9.17, 15) is 9.59 Å². The van der Waals surface area contributed by atoms with Gasteiger partial charge in [0, 0.05) is 141 Å². The molecule has 9 rings (SSSR count). The van der Waals surface area contributed by atoms with Crippen LogP contribution in [0.5, 0.6) is 5.75 Å². The van der Waals surface area contributed by atoms with E-state index < -0.39 is 11.2 Å². The number of benzene rings is 5. The Hall–Kier alpha value is -7.27. The third-order valence-corrected chi connectivity index (χ3v) is 13.2. The highest BCUT2D eigenvalue weighted by atomic mass is 16.6. The number of hydrogen-bond acceptors (Lipinski definition) is 10. The second-order valence-electron chi connectivity index (χ2n) is 17.6. The number of rotatable bonds is 13. The summed E-state index contributed by atoms with van der Waals surface area (Å²) in [6.07, 6.45) is 1.73. The quantitative estimate of drug-likeness (QED) is 0.104. The average molecular weight is 899 g/mol. The van der Waals surface area contributed by atoms with Crippen molar-refractivity contribution in [2.24, 2.45) is 0 Å². The van der Waals surface area contributed by atoms with Crippen molar-refractivity contribution >= 4 is 45.6 Å². The molecule has 0 aliphatic carbocycles. The van der Waals surface area contributed by atoms with Crippen molar-refractivity contribution in [3.8, 4) is 5.75 Å². The van der Waals surface area contributed by atoms with E-state index in [2.05, 4.69) is 120 Å². The highest BCUT2D eigenvalue weighted by Gasteiger charge is 2.54. The van der Waals surface area contributed by atoms with Gasteiger partial charge < -0.3 is 38.4 Å². The predicted molar refractivity (Wildman–Crippen MR) is 271 cm³/mol. The van der Waals surface area contributed by atoms with E-state index in [1.165, 1.54) is 0 Å². The Labute approximate surface area is 395 Å². The first kappa shape index (κ1) is 46.3. The number of aromatic nitrogens is 2. The second-order valence-corrected chi connectivity index (χ2v) is 17.6. The van der Waals surface area contributed by atoms with Crippen LogP contribution in [0.3, 0.4) is 0 Å². The molecule has 4 heterocycles. The first-order chi connectivity index (χ1) is 32.2. The fourth-order valence-electron chi connectivity index (χ4n) is 9.84. The summed E-state index contributed by atoms with van der Waals surface area (Å²) in [5.41, 5.74) is 10.3. The molecule has 2 aliphatic heterocycles. The molecule has 7 aromatic rings. The lowest BCUT2D eigenvalue weighted by atomic mass is 9.79. The van der Waals surface area contributed by atoms with Gasteiger partial charge in [-0.15, -0.1) is 0 Å². The Morgan fingerprint density at radius 2 is 1.15 bits per heavy atom. The van der Waals surface area contributed by atoms with Gasteiger partial charge in [0.25, 0.3) is 0 Å². The van der Waals surface area contributed by atoms with Crippen LogP contribution in [0.25, 0.3) is 10.9 Å². The van der Waals surface area contributed by atoms with E-state index in [1.807, 2.05) is 90.5 Å². The van der Waals surface area contributed by atoms with E-state index in [4.69, 9.17) is 19.2 Å². The molecule has 0 saturated heterocycles. The molecule has 1 atom stereocenters. The minimum absolute atomic E-state index is 0.299. The van der Waals surface area contributed by atoms with Gasteiger partial charge in [0.15, 0.2) is 5.60 Å². The molecule has 0 spiro atoms. The standard InChI is InChI=1S/C30H33N3O3.C26H29N3O2/c1-6-32(7-2)21-16-17-24(26(19-21)35-9-4)30(28-23(29(34)36-30)14-12-18-31-28)27-20(5)33(8-3)25-15-11-10-13-22(25)27;1-27(2)20-11-7-18(8-12-20)26(19-9-13-21(14-10-19)28(3)4)24-16-15-22(29(5)6)17-23(24)25(30)31-26/h10-19H,6-9H2,1-5H3;7-17H,1-6H3. The van der Waals surface area contributed by atoms with Gasteiger partial charge in [-0.1, -0.05) is 48.5 Å². The largest absolute Gasteiger partial charge is 0.493 e. The average Bonchev–Trinajstić information content (AvgIpc) is 3.93. The van der Waals surface area contributed by atoms with Gasteiger partial charge in [-0.3, -0.25) is 4.98 Å². The van der Waals surface area contributed by atoms with E-state index >= 15 is 0 Å². The molecule has 11 heteroatoms. The van der Waals surface area contributed by atoms with Gasteiger partial charge in [0.2, 0.25) is 5.60 Å². The van der Waals surface area contributed by atoms with Crippen molar-refractivity contribution in [1.82, 2.24) is 9.55 Å². The number of ether oxygens (including phenoxy) is 3. The van der Waals surface area contributed by atoms with Crippen LogP contribution < -0.4 is 24.3 Å². The summed E-state index contributed by atoms with van der Waals surface area (Å²) in [6, 6.07) is 40.5. The van der Waals surface area contributed by atoms with Crippen molar-refractivity contribution in [3.05, 3.63) is 178 Å². The SMILES string of the molecule is CCOc1cc(N(CC)CC)ccc1C1(c2c(C)n(CC)c3ccccc23)OC(=O)c2cccnc21.CN(C)c1ccc(C2(c3ccc(N(C)C)cc3)OC(=O)c3cc(N(C)C)ccc32)cc1. The predicted octanol–water partition coefficient (Wildman–Crippen LogP) is 10.4. The number of para-hydroxylation sites is 1. The third-order valence-electron chi connectivity index (χ3n) is 13.2. The topological polar surface area (TPSA) is 92.6 Å². The number of pyridine rings is 1. The first-order valence-corrected chi connectivity index (χ1v) is 23.2. The molecule has 0 fully saturated rings. The van der Waals surface area contributed by atoms with Crippen LogP contribution >= 0.6 is 0 Å². The summed E-state index contributed by atoms with van der Waals surface area (Å²) >= 11 is 0. The summed E-state index contributed by atoms with van der Waals surface area (Å²) < 4.78 is 21.2. The summed E-state index contributed by atoms with van der Waals surface area (Å²) in [6.45, 7) is 13.5. The van der Waals surface area contributed by atoms with Crippen LogP contribution in [0.1, 0.15) is 87.6 Å². The zero-order valence-corrected chi connectivity index (χ0v) is 40.7. The molecule has 1 unspecified atom stereocenters. The highest BCUT2D eigenvalue weighted by Crippen LogP contribution is 2.53. The summed E-state index contributed by atoms with van der Waals surface area (Å²) in [5, 5.41) is 1.04. The molecule has 0 radical (unpaired) electrons. The molecular weight excluding hydrogens is 837 g/mol. The molecule has 0 amide bonds. The van der Waals surface area contributed by atoms with Crippen molar-refractivity contribution in [3.63, 3.8) is 0 Å². The Kier molecular flexibility index (Phi) is 12.8. The molecule has 346 valence electrons. The maximum Gasteiger partial charge on any atom is 0.341 e. The maximum absolute atomic E-state index is 13.4. The number of carbonyl (C=O) groups is 2. The van der Waals surface area contributed by atoms with Crippen molar-refractivity contribution < 1.29 is 23.8 Å². The monoisotopic (exact) mass is 898 g/mol. The smallest absolute Gasteiger partial charge is 0.341 e. The number of carbonyl (C=O) groups excluding carboxylic acids is 2. The molecule has 2 aliphatic rings. The van der Waals surface area contributed by atoms with Crippen LogP contribution in [0.15, 0.2) is 128 Å². The van der Waals surface area contributed by atoms with E-state index in [0.717, 1.165) is 86.8 Å². The van der Waals surface area contributed by atoms with Gasteiger partial charge in [-0.05, 0) is 101 Å². The van der Waals surface area contributed by atoms with Crippen molar-refractivity contribution in [2.45, 2.75) is 52.4 Å². The van der Waals surface area contributed by atoms with Crippen molar-refractivity contribution in [2.75, 3.05) is 81.6 Å². The number of nitrogens with zero attached hydrogens (tertiary/aromatic N) is 6. The molecule has 5 aromatic carbocycles. The number of esters is 2. The molecular formula is C56H62N6O5. The zero-order valence-electron chi connectivity index (χ0n) is 40.7. The fourth-order valence-corrected chi connectivity index (χ4v) is 9.84. The van der Waals surface area contributed by atoms with Gasteiger partial charge in [-0.2, -0.15) is 0 Å². The van der Waals surface area contributed by atoms with Crippen LogP contribution in [-0.4, -0.2) is 83.5 Å². The van der Waals surface area contributed by atoms with Gasteiger partial charge >= 0.3 is 11.9 Å². The molecule has 0 bridgehead atoms. The Morgan fingerprint density at radius 3 is 1.73 bits per heavy atom. The van der Waals surface area contributed by atoms with Crippen LogP contribution in [-0.2, 0) is 27.2 Å². The lowest BCUT2D eigenvalue weighted by molar-refractivity contribution is 0.0233. The Morgan fingerprint density at radius 1 is 0.597 bits per heavy atom. The molecule has 2 aromatic heterocycles.